The summed E-state index contributed by atoms with van der Waals surface area (Å²) in [5.41, 5.74) is 1.35. The topological polar surface area (TPSA) is 13.1 Å². The van der Waals surface area contributed by atoms with Crippen molar-refractivity contribution >= 4 is 18.7 Å². The summed E-state index contributed by atoms with van der Waals surface area (Å²) in [5, 5.41) is 0. The summed E-state index contributed by atoms with van der Waals surface area (Å²) in [6, 6.07) is 3.86. The van der Waals surface area contributed by atoms with Crippen LogP contribution in [-0.2, 0) is 0 Å². The van der Waals surface area contributed by atoms with E-state index in [-0.39, 0.29) is 0 Å². The van der Waals surface area contributed by atoms with E-state index in [2.05, 4.69) is 25.6 Å². The average Bonchev–Trinajstić information content (AvgIpc) is 2.53. The molecule has 0 bridgehead atoms. The summed E-state index contributed by atoms with van der Waals surface area (Å²) >= 11 is 4.16. The Bertz CT molecular complexity index is 236. The molecular weight excluding hydrogens is 168 g/mol. The Hall–Kier alpha value is -0.630. The minimum absolute atomic E-state index is 0.937. The van der Waals surface area contributed by atoms with E-state index in [0.717, 1.165) is 24.4 Å². The highest BCUT2D eigenvalue weighted by molar-refractivity contribution is 7.80. The summed E-state index contributed by atoms with van der Waals surface area (Å²) in [6.45, 7) is 2.12. The van der Waals surface area contributed by atoms with Gasteiger partial charge in [0.15, 0.2) is 0 Å². The van der Waals surface area contributed by atoms with Crippen LogP contribution in [0.5, 0.6) is 0 Å². The fourth-order valence-corrected chi connectivity index (χ4v) is 1.20. The van der Waals surface area contributed by atoms with Crippen LogP contribution in [0.2, 0.25) is 0 Å². The van der Waals surface area contributed by atoms with Gasteiger partial charge >= 0.3 is 0 Å². The van der Waals surface area contributed by atoms with Crippen LogP contribution in [0.1, 0.15) is 25.5 Å². The van der Waals surface area contributed by atoms with Crippen LogP contribution in [0.4, 0.5) is 0 Å². The molecule has 0 aromatic carbocycles. The lowest BCUT2D eigenvalue weighted by atomic mass is 10.1. The van der Waals surface area contributed by atoms with Crippen molar-refractivity contribution < 1.29 is 4.42 Å². The highest BCUT2D eigenvalue weighted by Gasteiger charge is 1.92. The molecule has 0 unspecified atom stereocenters. The van der Waals surface area contributed by atoms with Crippen LogP contribution in [0.15, 0.2) is 28.4 Å². The third-order valence-electron chi connectivity index (χ3n) is 1.66. The highest BCUT2D eigenvalue weighted by atomic mass is 32.1. The van der Waals surface area contributed by atoms with Crippen molar-refractivity contribution in [2.24, 2.45) is 0 Å². The molecule has 0 aliphatic rings. The van der Waals surface area contributed by atoms with E-state index in [0.29, 0.717) is 0 Å². The van der Waals surface area contributed by atoms with Crippen molar-refractivity contribution in [2.75, 3.05) is 5.75 Å². The van der Waals surface area contributed by atoms with Gasteiger partial charge in [0.25, 0.3) is 0 Å². The SMILES string of the molecule is C/C(=C\c1ccco1)CCCS. The first kappa shape index (κ1) is 9.46. The van der Waals surface area contributed by atoms with Crippen molar-refractivity contribution in [3.05, 3.63) is 29.7 Å². The van der Waals surface area contributed by atoms with Gasteiger partial charge in [-0.2, -0.15) is 12.6 Å². The lowest BCUT2D eigenvalue weighted by Gasteiger charge is -1.96. The third-order valence-corrected chi connectivity index (χ3v) is 1.98. The fraction of sp³-hybridized carbons (Fsp3) is 0.400. The summed E-state index contributed by atoms with van der Waals surface area (Å²) in [6.07, 6.45) is 6.00. The Labute approximate surface area is 78.9 Å². The van der Waals surface area contributed by atoms with Crippen molar-refractivity contribution in [1.82, 2.24) is 0 Å². The van der Waals surface area contributed by atoms with E-state index in [4.69, 9.17) is 4.42 Å². The van der Waals surface area contributed by atoms with Crippen LogP contribution < -0.4 is 0 Å². The highest BCUT2D eigenvalue weighted by Crippen LogP contribution is 2.11. The Kier molecular flexibility index (Phi) is 4.01. The zero-order valence-corrected chi connectivity index (χ0v) is 8.18. The molecule has 1 nitrogen and oxygen atoms in total. The maximum atomic E-state index is 5.19. The summed E-state index contributed by atoms with van der Waals surface area (Å²) < 4.78 is 5.19. The first-order chi connectivity index (χ1) is 5.83. The summed E-state index contributed by atoms with van der Waals surface area (Å²) in [7, 11) is 0. The smallest absolute Gasteiger partial charge is 0.126 e. The van der Waals surface area contributed by atoms with Crippen LogP contribution in [-0.4, -0.2) is 5.75 Å². The molecule has 0 saturated heterocycles. The standard InChI is InChI=1S/C10H14OS/c1-9(4-3-7-12)8-10-5-2-6-11-10/h2,5-6,8,12H,3-4,7H2,1H3/b9-8+. The van der Waals surface area contributed by atoms with Gasteiger partial charge in [-0.15, -0.1) is 0 Å². The summed E-state index contributed by atoms with van der Waals surface area (Å²) in [4.78, 5) is 0. The maximum Gasteiger partial charge on any atom is 0.126 e. The largest absolute Gasteiger partial charge is 0.465 e. The molecule has 0 saturated carbocycles. The van der Waals surface area contributed by atoms with E-state index in [1.54, 1.807) is 6.26 Å². The van der Waals surface area contributed by atoms with Gasteiger partial charge in [0.2, 0.25) is 0 Å². The van der Waals surface area contributed by atoms with Crippen molar-refractivity contribution in [2.45, 2.75) is 19.8 Å². The van der Waals surface area contributed by atoms with Gasteiger partial charge in [-0.25, -0.2) is 0 Å². The fourth-order valence-electron chi connectivity index (χ4n) is 1.05. The minimum Gasteiger partial charge on any atom is -0.465 e. The number of hydrogen-bond acceptors (Lipinski definition) is 2. The van der Waals surface area contributed by atoms with Crippen molar-refractivity contribution in [1.29, 1.82) is 0 Å². The molecule has 0 aliphatic carbocycles. The number of furan rings is 1. The molecule has 1 aromatic heterocycles. The molecule has 2 heteroatoms. The lowest BCUT2D eigenvalue weighted by molar-refractivity contribution is 0.556. The van der Waals surface area contributed by atoms with Gasteiger partial charge in [-0.05, 0) is 43.7 Å². The van der Waals surface area contributed by atoms with E-state index >= 15 is 0 Å². The number of rotatable bonds is 4. The van der Waals surface area contributed by atoms with Crippen LogP contribution in [0, 0.1) is 0 Å². The Balaban J connectivity index is 2.46. The molecule has 0 spiro atoms. The van der Waals surface area contributed by atoms with Crippen LogP contribution in [0.25, 0.3) is 6.08 Å². The second kappa shape index (κ2) is 5.09. The van der Waals surface area contributed by atoms with E-state index in [1.165, 1.54) is 5.57 Å². The van der Waals surface area contributed by atoms with E-state index < -0.39 is 0 Å². The first-order valence-electron chi connectivity index (χ1n) is 4.14. The molecule has 0 aliphatic heterocycles. The molecule has 1 heterocycles. The lowest BCUT2D eigenvalue weighted by Crippen LogP contribution is -1.79. The average molecular weight is 182 g/mol. The molecule has 1 rings (SSSR count). The van der Waals surface area contributed by atoms with Gasteiger partial charge in [-0.1, -0.05) is 5.57 Å². The monoisotopic (exact) mass is 182 g/mol. The Morgan fingerprint density at radius 1 is 1.67 bits per heavy atom. The van der Waals surface area contributed by atoms with E-state index in [1.807, 2.05) is 12.1 Å². The van der Waals surface area contributed by atoms with Crippen molar-refractivity contribution in [3.8, 4) is 0 Å². The molecule has 1 aromatic rings. The molecule has 12 heavy (non-hydrogen) atoms. The van der Waals surface area contributed by atoms with Crippen LogP contribution in [0.3, 0.4) is 0 Å². The first-order valence-corrected chi connectivity index (χ1v) is 4.77. The zero-order chi connectivity index (χ0) is 8.81. The van der Waals surface area contributed by atoms with Gasteiger partial charge in [0.1, 0.15) is 5.76 Å². The van der Waals surface area contributed by atoms with Gasteiger partial charge in [0, 0.05) is 0 Å². The van der Waals surface area contributed by atoms with Gasteiger partial charge in [0.05, 0.1) is 6.26 Å². The maximum absolute atomic E-state index is 5.19. The predicted molar refractivity (Wildman–Crippen MR) is 55.4 cm³/mol. The minimum atomic E-state index is 0.937. The molecule has 0 atom stereocenters. The summed E-state index contributed by atoms with van der Waals surface area (Å²) in [5.74, 6) is 1.88. The normalized spacial score (nSPS) is 12.0. The number of hydrogen-bond donors (Lipinski definition) is 1. The van der Waals surface area contributed by atoms with Gasteiger partial charge in [-0.3, -0.25) is 0 Å². The molecule has 0 fully saturated rings. The predicted octanol–water partition coefficient (Wildman–Crippen LogP) is 3.39. The second-order valence-electron chi connectivity index (χ2n) is 2.83. The number of allylic oxidation sites excluding steroid dienone is 1. The Morgan fingerprint density at radius 3 is 3.08 bits per heavy atom. The molecule has 0 amide bonds. The van der Waals surface area contributed by atoms with E-state index in [9.17, 15) is 0 Å². The molecular formula is C10H14OS. The zero-order valence-electron chi connectivity index (χ0n) is 7.29. The molecule has 0 N–H and O–H groups in total. The Morgan fingerprint density at radius 2 is 2.50 bits per heavy atom. The molecule has 0 radical (unpaired) electrons. The quantitative estimate of drug-likeness (QED) is 0.704. The third kappa shape index (κ3) is 3.18. The van der Waals surface area contributed by atoms with Gasteiger partial charge < -0.3 is 4.42 Å². The van der Waals surface area contributed by atoms with Crippen LogP contribution >= 0.6 is 12.6 Å². The number of thiol groups is 1. The second-order valence-corrected chi connectivity index (χ2v) is 3.28. The molecule has 66 valence electrons. The van der Waals surface area contributed by atoms with Crippen molar-refractivity contribution in [3.63, 3.8) is 0 Å².